The standard InChI is InChI=1S/C17H15NO3/c1-20-14-6-5-12(11-4-7-16(19)18-9-11)13-8-15(10-2-3-10)21-17(13)14/h4-10H,2-3H2,1H3,(H,18,19). The first-order valence-electron chi connectivity index (χ1n) is 7.06. The summed E-state index contributed by atoms with van der Waals surface area (Å²) in [6, 6.07) is 9.37. The first kappa shape index (κ1) is 12.3. The van der Waals surface area contributed by atoms with E-state index >= 15 is 0 Å². The smallest absolute Gasteiger partial charge is 0.247 e. The summed E-state index contributed by atoms with van der Waals surface area (Å²) in [6.45, 7) is 0. The lowest BCUT2D eigenvalue weighted by Gasteiger charge is -2.05. The zero-order chi connectivity index (χ0) is 14.4. The molecular formula is C17H15NO3. The van der Waals surface area contributed by atoms with Crippen LogP contribution in [0.2, 0.25) is 0 Å². The Kier molecular flexibility index (Phi) is 2.64. The third kappa shape index (κ3) is 2.03. The number of aromatic nitrogens is 1. The van der Waals surface area contributed by atoms with E-state index in [1.807, 2.05) is 18.2 Å². The van der Waals surface area contributed by atoms with Gasteiger partial charge in [0, 0.05) is 23.6 Å². The number of benzene rings is 1. The summed E-state index contributed by atoms with van der Waals surface area (Å²) >= 11 is 0. The lowest BCUT2D eigenvalue weighted by molar-refractivity contribution is 0.407. The van der Waals surface area contributed by atoms with Crippen LogP contribution >= 0.6 is 0 Å². The molecule has 21 heavy (non-hydrogen) atoms. The van der Waals surface area contributed by atoms with Crippen molar-refractivity contribution in [1.82, 2.24) is 4.98 Å². The second kappa shape index (κ2) is 4.52. The van der Waals surface area contributed by atoms with Gasteiger partial charge in [0.25, 0.3) is 0 Å². The quantitative estimate of drug-likeness (QED) is 0.796. The Hall–Kier alpha value is -2.49. The summed E-state index contributed by atoms with van der Waals surface area (Å²) in [5, 5.41) is 1.03. The minimum absolute atomic E-state index is 0.102. The first-order valence-corrected chi connectivity index (χ1v) is 7.06. The third-order valence-corrected chi connectivity index (χ3v) is 3.96. The Labute approximate surface area is 121 Å². The van der Waals surface area contributed by atoms with E-state index in [4.69, 9.17) is 9.15 Å². The van der Waals surface area contributed by atoms with Gasteiger partial charge in [0.15, 0.2) is 11.3 Å². The molecule has 0 aliphatic heterocycles. The molecule has 4 rings (SSSR count). The molecule has 0 bridgehead atoms. The Balaban J connectivity index is 1.96. The highest BCUT2D eigenvalue weighted by atomic mass is 16.5. The highest BCUT2D eigenvalue weighted by Gasteiger charge is 2.28. The minimum Gasteiger partial charge on any atom is -0.493 e. The van der Waals surface area contributed by atoms with Crippen molar-refractivity contribution in [2.45, 2.75) is 18.8 Å². The Morgan fingerprint density at radius 3 is 2.76 bits per heavy atom. The van der Waals surface area contributed by atoms with Crippen molar-refractivity contribution >= 4 is 11.0 Å². The maximum Gasteiger partial charge on any atom is 0.247 e. The second-order valence-electron chi connectivity index (χ2n) is 5.42. The van der Waals surface area contributed by atoms with Gasteiger partial charge in [-0.15, -0.1) is 0 Å². The number of H-pyrrole nitrogens is 1. The van der Waals surface area contributed by atoms with E-state index in [0.717, 1.165) is 33.6 Å². The fourth-order valence-electron chi connectivity index (χ4n) is 2.68. The molecule has 2 aromatic heterocycles. The van der Waals surface area contributed by atoms with Gasteiger partial charge in [-0.1, -0.05) is 0 Å². The van der Waals surface area contributed by atoms with Gasteiger partial charge in [0.05, 0.1) is 7.11 Å². The van der Waals surface area contributed by atoms with Gasteiger partial charge >= 0.3 is 0 Å². The monoisotopic (exact) mass is 281 g/mol. The van der Waals surface area contributed by atoms with Crippen LogP contribution in [0, 0.1) is 0 Å². The summed E-state index contributed by atoms with van der Waals surface area (Å²) in [6.07, 6.45) is 4.11. The second-order valence-corrected chi connectivity index (χ2v) is 5.42. The molecule has 1 N–H and O–H groups in total. The molecule has 0 saturated heterocycles. The van der Waals surface area contributed by atoms with Crippen LogP contribution in [-0.4, -0.2) is 12.1 Å². The van der Waals surface area contributed by atoms with E-state index in [0.29, 0.717) is 5.92 Å². The SMILES string of the molecule is COc1ccc(-c2ccc(=O)[nH]c2)c2cc(C3CC3)oc12. The summed E-state index contributed by atoms with van der Waals surface area (Å²) in [5.74, 6) is 2.32. The number of pyridine rings is 1. The first-order chi connectivity index (χ1) is 10.3. The molecule has 1 saturated carbocycles. The molecule has 106 valence electrons. The number of fused-ring (bicyclic) bond motifs is 1. The molecule has 1 fully saturated rings. The van der Waals surface area contributed by atoms with Gasteiger partial charge in [-0.2, -0.15) is 0 Å². The predicted octanol–water partition coefficient (Wildman–Crippen LogP) is 3.67. The molecule has 1 aliphatic carbocycles. The zero-order valence-corrected chi connectivity index (χ0v) is 11.7. The molecule has 2 heterocycles. The molecule has 0 radical (unpaired) electrons. The number of ether oxygens (including phenoxy) is 1. The van der Waals surface area contributed by atoms with Crippen molar-refractivity contribution in [3.63, 3.8) is 0 Å². The number of hydrogen-bond acceptors (Lipinski definition) is 3. The van der Waals surface area contributed by atoms with Gasteiger partial charge < -0.3 is 14.1 Å². The van der Waals surface area contributed by atoms with Crippen LogP contribution in [0.5, 0.6) is 5.75 Å². The van der Waals surface area contributed by atoms with E-state index in [2.05, 4.69) is 11.1 Å². The number of nitrogens with one attached hydrogen (secondary N) is 1. The van der Waals surface area contributed by atoms with Gasteiger partial charge in [-0.25, -0.2) is 0 Å². The molecular weight excluding hydrogens is 266 g/mol. The van der Waals surface area contributed by atoms with Crippen molar-refractivity contribution in [3.8, 4) is 16.9 Å². The summed E-state index contributed by atoms with van der Waals surface area (Å²) in [5.41, 5.74) is 2.68. The molecule has 0 amide bonds. The van der Waals surface area contributed by atoms with E-state index < -0.39 is 0 Å². The number of furan rings is 1. The maximum absolute atomic E-state index is 11.2. The maximum atomic E-state index is 11.2. The van der Waals surface area contributed by atoms with Crippen LogP contribution in [0.25, 0.3) is 22.1 Å². The fraction of sp³-hybridized carbons (Fsp3) is 0.235. The topological polar surface area (TPSA) is 55.2 Å². The summed E-state index contributed by atoms with van der Waals surface area (Å²) < 4.78 is 11.4. The predicted molar refractivity (Wildman–Crippen MR) is 80.8 cm³/mol. The molecule has 4 heteroatoms. The van der Waals surface area contributed by atoms with E-state index in [9.17, 15) is 4.79 Å². The molecule has 1 aromatic carbocycles. The van der Waals surface area contributed by atoms with Crippen molar-refractivity contribution < 1.29 is 9.15 Å². The van der Waals surface area contributed by atoms with Crippen LogP contribution in [0.4, 0.5) is 0 Å². The van der Waals surface area contributed by atoms with Gasteiger partial charge in [0.1, 0.15) is 5.76 Å². The molecule has 3 aromatic rings. The fourth-order valence-corrected chi connectivity index (χ4v) is 2.68. The zero-order valence-electron chi connectivity index (χ0n) is 11.7. The molecule has 0 spiro atoms. The number of aromatic amines is 1. The van der Waals surface area contributed by atoms with Gasteiger partial charge in [0.2, 0.25) is 5.56 Å². The highest BCUT2D eigenvalue weighted by molar-refractivity contribution is 5.97. The van der Waals surface area contributed by atoms with E-state index in [1.165, 1.54) is 18.9 Å². The lowest BCUT2D eigenvalue weighted by atomic mass is 10.0. The average molecular weight is 281 g/mol. The average Bonchev–Trinajstić information content (AvgIpc) is 3.26. The van der Waals surface area contributed by atoms with E-state index in [1.54, 1.807) is 13.3 Å². The molecule has 0 atom stereocenters. The Morgan fingerprint density at radius 1 is 1.24 bits per heavy atom. The largest absolute Gasteiger partial charge is 0.493 e. The van der Waals surface area contributed by atoms with Crippen molar-refractivity contribution in [2.24, 2.45) is 0 Å². The molecule has 1 aliphatic rings. The number of methoxy groups -OCH3 is 1. The summed E-state index contributed by atoms with van der Waals surface area (Å²) in [4.78, 5) is 13.9. The van der Waals surface area contributed by atoms with E-state index in [-0.39, 0.29) is 5.56 Å². The normalized spacial score (nSPS) is 14.5. The lowest BCUT2D eigenvalue weighted by Crippen LogP contribution is -2.01. The van der Waals surface area contributed by atoms with Crippen molar-refractivity contribution in [3.05, 3.63) is 52.6 Å². The molecule has 4 nitrogen and oxygen atoms in total. The Bertz CT molecular complexity index is 851. The van der Waals surface area contributed by atoms with Crippen molar-refractivity contribution in [1.29, 1.82) is 0 Å². The van der Waals surface area contributed by atoms with Crippen LogP contribution in [0.3, 0.4) is 0 Å². The highest BCUT2D eigenvalue weighted by Crippen LogP contribution is 2.45. The van der Waals surface area contributed by atoms with Crippen LogP contribution in [0.1, 0.15) is 24.5 Å². The van der Waals surface area contributed by atoms with Gasteiger partial charge in [-0.3, -0.25) is 4.79 Å². The summed E-state index contributed by atoms with van der Waals surface area (Å²) in [7, 11) is 1.65. The van der Waals surface area contributed by atoms with Gasteiger partial charge in [-0.05, 0) is 48.2 Å². The van der Waals surface area contributed by atoms with Crippen LogP contribution in [0.15, 0.2) is 45.7 Å². The minimum atomic E-state index is -0.102. The number of rotatable bonds is 3. The Morgan fingerprint density at radius 2 is 2.10 bits per heavy atom. The third-order valence-electron chi connectivity index (χ3n) is 3.96. The number of hydrogen-bond donors (Lipinski definition) is 1. The van der Waals surface area contributed by atoms with Crippen LogP contribution < -0.4 is 10.3 Å². The van der Waals surface area contributed by atoms with Crippen molar-refractivity contribution in [2.75, 3.05) is 7.11 Å². The molecule has 0 unspecified atom stereocenters. The van der Waals surface area contributed by atoms with Crippen LogP contribution in [-0.2, 0) is 0 Å².